The van der Waals surface area contributed by atoms with Gasteiger partial charge in [-0.05, 0) is 87.4 Å². The molecule has 0 spiro atoms. The molecular formula is C29H35N3O2S. The monoisotopic (exact) mass is 489 g/mol. The Morgan fingerprint density at radius 3 is 2.57 bits per heavy atom. The number of allylic oxidation sites excluding steroid dienone is 1. The van der Waals surface area contributed by atoms with E-state index in [0.717, 1.165) is 24.2 Å². The number of carbonyl (C=O) groups excluding carboxylic acids is 1. The van der Waals surface area contributed by atoms with Crippen molar-refractivity contribution in [1.29, 1.82) is 0 Å². The lowest BCUT2D eigenvalue weighted by Gasteiger charge is -2.43. The van der Waals surface area contributed by atoms with Crippen LogP contribution in [0.15, 0.2) is 64.5 Å². The summed E-state index contributed by atoms with van der Waals surface area (Å²) in [6, 6.07) is 16.3. The lowest BCUT2D eigenvalue weighted by atomic mass is 9.88. The van der Waals surface area contributed by atoms with E-state index in [-0.39, 0.29) is 11.4 Å². The first-order valence-corrected chi connectivity index (χ1v) is 13.2. The second-order valence-electron chi connectivity index (χ2n) is 9.40. The second kappa shape index (κ2) is 10.8. The Bertz CT molecular complexity index is 1170. The fourth-order valence-electron chi connectivity index (χ4n) is 4.68. The predicted molar refractivity (Wildman–Crippen MR) is 149 cm³/mol. The van der Waals surface area contributed by atoms with Gasteiger partial charge in [0.1, 0.15) is 0 Å². The van der Waals surface area contributed by atoms with Gasteiger partial charge in [0.2, 0.25) is 0 Å². The number of amidine groups is 1. The Kier molecular flexibility index (Phi) is 7.82. The Hall–Kier alpha value is -2.83. The van der Waals surface area contributed by atoms with Crippen LogP contribution in [-0.4, -0.2) is 47.8 Å². The highest BCUT2D eigenvalue weighted by Gasteiger charge is 2.34. The van der Waals surface area contributed by atoms with Crippen molar-refractivity contribution in [3.05, 3.63) is 70.6 Å². The molecule has 184 valence electrons. The zero-order valence-corrected chi connectivity index (χ0v) is 22.2. The molecule has 35 heavy (non-hydrogen) atoms. The highest BCUT2D eigenvalue weighted by molar-refractivity contribution is 8.18. The number of rotatable bonds is 8. The van der Waals surface area contributed by atoms with Crippen molar-refractivity contribution in [2.24, 2.45) is 4.99 Å². The minimum absolute atomic E-state index is 0.0196. The fraction of sp³-hybridized carbons (Fsp3) is 0.379. The predicted octanol–water partition coefficient (Wildman–Crippen LogP) is 6.74. The maximum absolute atomic E-state index is 13.4. The molecule has 2 heterocycles. The highest BCUT2D eigenvalue weighted by Crippen LogP contribution is 2.40. The van der Waals surface area contributed by atoms with Gasteiger partial charge in [0.05, 0.1) is 29.3 Å². The number of ether oxygens (including phenoxy) is 1. The van der Waals surface area contributed by atoms with E-state index in [1.807, 2.05) is 43.3 Å². The number of fused-ring (bicyclic) bond motifs is 1. The molecule has 0 aromatic heterocycles. The zero-order chi connectivity index (χ0) is 25.0. The van der Waals surface area contributed by atoms with E-state index in [1.54, 1.807) is 4.90 Å². The van der Waals surface area contributed by atoms with Crippen LogP contribution in [0.1, 0.15) is 52.2 Å². The van der Waals surface area contributed by atoms with E-state index in [1.165, 1.54) is 28.6 Å². The number of carbonyl (C=O) groups is 1. The molecule has 2 aliphatic heterocycles. The first kappa shape index (κ1) is 25.3. The minimum Gasteiger partial charge on any atom is -0.380 e. The number of hydrogen-bond acceptors (Lipinski definition) is 5. The van der Waals surface area contributed by atoms with E-state index < -0.39 is 0 Å². The molecule has 0 bridgehead atoms. The van der Waals surface area contributed by atoms with Crippen LogP contribution in [0, 0.1) is 0 Å². The third-order valence-corrected chi connectivity index (χ3v) is 7.29. The quantitative estimate of drug-likeness (QED) is 0.304. The smallest absolute Gasteiger partial charge is 0.266 e. The van der Waals surface area contributed by atoms with Crippen LogP contribution in [0.5, 0.6) is 0 Å². The second-order valence-corrected chi connectivity index (χ2v) is 10.4. The van der Waals surface area contributed by atoms with Gasteiger partial charge in [-0.15, -0.1) is 0 Å². The highest BCUT2D eigenvalue weighted by atomic mass is 32.2. The molecule has 0 atom stereocenters. The first-order valence-electron chi connectivity index (χ1n) is 12.4. The molecule has 0 unspecified atom stereocenters. The summed E-state index contributed by atoms with van der Waals surface area (Å²) in [4.78, 5) is 23.0. The normalized spacial score (nSPS) is 19.5. The van der Waals surface area contributed by atoms with Crippen LogP contribution in [0.2, 0.25) is 0 Å². The number of nitrogens with zero attached hydrogens (tertiary/aromatic N) is 3. The topological polar surface area (TPSA) is 45.1 Å². The Morgan fingerprint density at radius 2 is 1.86 bits per heavy atom. The number of amides is 1. The Balaban J connectivity index is 1.67. The number of aliphatic imine (C=N–C) groups is 1. The molecule has 0 radical (unpaired) electrons. The van der Waals surface area contributed by atoms with E-state index in [0.29, 0.717) is 29.8 Å². The van der Waals surface area contributed by atoms with Gasteiger partial charge in [0.25, 0.3) is 5.91 Å². The van der Waals surface area contributed by atoms with Crippen molar-refractivity contribution in [1.82, 2.24) is 4.90 Å². The van der Waals surface area contributed by atoms with E-state index >= 15 is 0 Å². The molecule has 2 aliphatic rings. The maximum Gasteiger partial charge on any atom is 0.266 e. The van der Waals surface area contributed by atoms with Gasteiger partial charge >= 0.3 is 0 Å². The summed E-state index contributed by atoms with van der Waals surface area (Å²) in [6.07, 6.45) is 5.43. The van der Waals surface area contributed by atoms with Crippen molar-refractivity contribution in [3.8, 4) is 0 Å². The van der Waals surface area contributed by atoms with Crippen molar-refractivity contribution in [3.63, 3.8) is 0 Å². The van der Waals surface area contributed by atoms with Gasteiger partial charge in [-0.25, -0.2) is 4.99 Å². The van der Waals surface area contributed by atoms with Crippen molar-refractivity contribution in [2.45, 2.75) is 46.6 Å². The summed E-state index contributed by atoms with van der Waals surface area (Å²) in [5, 5.41) is 0.692. The number of hydrogen-bond donors (Lipinski definition) is 0. The molecule has 0 saturated carbocycles. The minimum atomic E-state index is -0.0249. The molecule has 1 fully saturated rings. The SMILES string of the molecule is CCCN1c2ccc(/C=C3/SC(=Nc4ccccc4)N(CCOCC)C3=O)cc2C(C)=CC1(C)C. The Labute approximate surface area is 213 Å². The largest absolute Gasteiger partial charge is 0.380 e. The van der Waals surface area contributed by atoms with Crippen molar-refractivity contribution in [2.75, 3.05) is 31.2 Å². The first-order chi connectivity index (χ1) is 16.8. The summed E-state index contributed by atoms with van der Waals surface area (Å²) in [5.41, 5.74) is 5.59. The fourth-order valence-corrected chi connectivity index (χ4v) is 5.70. The maximum atomic E-state index is 13.4. The summed E-state index contributed by atoms with van der Waals surface area (Å²) >= 11 is 1.43. The summed E-state index contributed by atoms with van der Waals surface area (Å²) < 4.78 is 5.53. The van der Waals surface area contributed by atoms with Gasteiger partial charge in [0, 0.05) is 24.4 Å². The van der Waals surface area contributed by atoms with Gasteiger partial charge in [0.15, 0.2) is 5.17 Å². The third-order valence-electron chi connectivity index (χ3n) is 6.28. The Morgan fingerprint density at radius 1 is 1.09 bits per heavy atom. The van der Waals surface area contributed by atoms with Gasteiger partial charge in [-0.1, -0.05) is 37.3 Å². The summed E-state index contributed by atoms with van der Waals surface area (Å²) in [6.45, 7) is 13.5. The standard InChI is InChI=1S/C29H35N3O2S/c1-6-15-32-25-14-13-22(18-24(25)21(3)20-29(32,4)5)19-26-27(33)31(16-17-34-7-2)28(35-26)30-23-11-9-8-10-12-23/h8-14,18-20H,6-7,15-17H2,1-5H3/b26-19+,30-28?. The van der Waals surface area contributed by atoms with Crippen LogP contribution < -0.4 is 4.90 Å². The van der Waals surface area contributed by atoms with Crippen LogP contribution in [0.25, 0.3) is 11.6 Å². The third kappa shape index (κ3) is 5.54. The molecule has 2 aromatic rings. The van der Waals surface area contributed by atoms with Crippen LogP contribution in [0.4, 0.5) is 11.4 Å². The molecule has 6 heteroatoms. The van der Waals surface area contributed by atoms with Gasteiger partial charge in [-0.3, -0.25) is 9.69 Å². The van der Waals surface area contributed by atoms with E-state index in [4.69, 9.17) is 9.73 Å². The molecule has 0 N–H and O–H groups in total. The summed E-state index contributed by atoms with van der Waals surface area (Å²) in [5.74, 6) is -0.0249. The average molecular weight is 490 g/mol. The summed E-state index contributed by atoms with van der Waals surface area (Å²) in [7, 11) is 0. The molecular weight excluding hydrogens is 454 g/mol. The molecule has 5 nitrogen and oxygen atoms in total. The van der Waals surface area contributed by atoms with Crippen molar-refractivity contribution >= 4 is 45.9 Å². The molecule has 0 aliphatic carbocycles. The number of thioether (sulfide) groups is 1. The van der Waals surface area contributed by atoms with E-state index in [2.05, 4.69) is 56.9 Å². The molecule has 1 amide bonds. The van der Waals surface area contributed by atoms with Crippen molar-refractivity contribution < 1.29 is 9.53 Å². The lowest BCUT2D eigenvalue weighted by molar-refractivity contribution is -0.122. The molecule has 1 saturated heterocycles. The van der Waals surface area contributed by atoms with Crippen LogP contribution in [0.3, 0.4) is 0 Å². The number of anilines is 1. The average Bonchev–Trinajstić information content (AvgIpc) is 3.11. The zero-order valence-electron chi connectivity index (χ0n) is 21.4. The number of benzene rings is 2. The molecule has 2 aromatic carbocycles. The number of para-hydroxylation sites is 1. The molecule has 4 rings (SSSR count). The van der Waals surface area contributed by atoms with Crippen LogP contribution in [-0.2, 0) is 9.53 Å². The van der Waals surface area contributed by atoms with Crippen LogP contribution >= 0.6 is 11.8 Å². The lowest BCUT2D eigenvalue weighted by Crippen LogP contribution is -2.45. The van der Waals surface area contributed by atoms with Gasteiger partial charge < -0.3 is 9.64 Å². The van der Waals surface area contributed by atoms with Gasteiger partial charge in [-0.2, -0.15) is 0 Å². The van der Waals surface area contributed by atoms with E-state index in [9.17, 15) is 4.79 Å².